The Kier molecular flexibility index (Phi) is 6.46. The van der Waals surface area contributed by atoms with Crippen molar-refractivity contribution < 1.29 is 28.2 Å². The van der Waals surface area contributed by atoms with Crippen LogP contribution in [0.5, 0.6) is 11.5 Å². The maximum Gasteiger partial charge on any atom is 0.340 e. The number of hydrogen-bond donors (Lipinski definition) is 1. The minimum absolute atomic E-state index is 0.0592. The minimum Gasteiger partial charge on any atom is -0.493 e. The standard InChI is InChI=1S/C21H18FNO5S/c1-26-17-10-14(21(25)28-12-13-6-3-4-7-15(13)22)16(11-18(17)27-2)23-20(24)19-8-5-9-29-19/h3-11H,12H2,1-2H3,(H,23,24). The summed E-state index contributed by atoms with van der Waals surface area (Å²) in [5, 5.41) is 4.46. The SMILES string of the molecule is COc1cc(NC(=O)c2cccs2)c(C(=O)OCc2ccccc2F)cc1OC. The van der Waals surface area contributed by atoms with Crippen molar-refractivity contribution in [2.24, 2.45) is 0 Å². The number of halogens is 1. The van der Waals surface area contributed by atoms with Crippen LogP contribution in [0.15, 0.2) is 53.9 Å². The van der Waals surface area contributed by atoms with Crippen LogP contribution in [-0.4, -0.2) is 26.1 Å². The Morgan fingerprint density at radius 2 is 1.76 bits per heavy atom. The molecule has 8 heteroatoms. The quantitative estimate of drug-likeness (QED) is 0.575. The summed E-state index contributed by atoms with van der Waals surface area (Å²) in [6.45, 7) is -0.252. The van der Waals surface area contributed by atoms with E-state index in [-0.39, 0.29) is 29.3 Å². The molecule has 0 atom stereocenters. The first-order valence-corrected chi connectivity index (χ1v) is 9.43. The molecule has 0 aliphatic heterocycles. The average Bonchev–Trinajstić information content (AvgIpc) is 3.27. The second-order valence-electron chi connectivity index (χ2n) is 5.85. The van der Waals surface area contributed by atoms with Gasteiger partial charge in [0.1, 0.15) is 12.4 Å². The molecule has 3 rings (SSSR count). The smallest absolute Gasteiger partial charge is 0.340 e. The first kappa shape index (κ1) is 20.3. The van der Waals surface area contributed by atoms with Gasteiger partial charge in [-0.1, -0.05) is 24.3 Å². The van der Waals surface area contributed by atoms with Crippen molar-refractivity contribution in [1.82, 2.24) is 0 Å². The van der Waals surface area contributed by atoms with Crippen LogP contribution in [0.3, 0.4) is 0 Å². The van der Waals surface area contributed by atoms with Gasteiger partial charge in [-0.2, -0.15) is 0 Å². The summed E-state index contributed by atoms with van der Waals surface area (Å²) >= 11 is 1.27. The average molecular weight is 415 g/mol. The van der Waals surface area contributed by atoms with Crippen molar-refractivity contribution in [3.05, 3.63) is 75.7 Å². The van der Waals surface area contributed by atoms with Crippen LogP contribution >= 0.6 is 11.3 Å². The number of carbonyl (C=O) groups is 2. The van der Waals surface area contributed by atoms with Gasteiger partial charge in [-0.15, -0.1) is 11.3 Å². The molecule has 0 fully saturated rings. The zero-order valence-corrected chi connectivity index (χ0v) is 16.5. The molecule has 1 N–H and O–H groups in total. The van der Waals surface area contributed by atoms with Crippen LogP contribution in [0.2, 0.25) is 0 Å². The highest BCUT2D eigenvalue weighted by atomic mass is 32.1. The van der Waals surface area contributed by atoms with E-state index in [0.717, 1.165) is 0 Å². The van der Waals surface area contributed by atoms with E-state index in [2.05, 4.69) is 5.32 Å². The molecule has 3 aromatic rings. The topological polar surface area (TPSA) is 73.9 Å². The molecule has 0 aliphatic rings. The predicted octanol–water partition coefficient (Wildman–Crippen LogP) is 4.51. The number of benzene rings is 2. The summed E-state index contributed by atoms with van der Waals surface area (Å²) in [6.07, 6.45) is 0. The van der Waals surface area contributed by atoms with Gasteiger partial charge in [0.2, 0.25) is 0 Å². The molecule has 1 heterocycles. The molecule has 0 unspecified atom stereocenters. The maximum absolute atomic E-state index is 13.8. The maximum atomic E-state index is 13.8. The van der Waals surface area contributed by atoms with Crippen molar-refractivity contribution >= 4 is 28.9 Å². The van der Waals surface area contributed by atoms with Gasteiger partial charge in [-0.05, 0) is 17.5 Å². The third-order valence-electron chi connectivity index (χ3n) is 4.05. The first-order chi connectivity index (χ1) is 14.0. The molecule has 0 aliphatic carbocycles. The number of amides is 1. The van der Waals surface area contributed by atoms with E-state index in [9.17, 15) is 14.0 Å². The van der Waals surface area contributed by atoms with Crippen molar-refractivity contribution in [3.63, 3.8) is 0 Å². The number of ether oxygens (including phenoxy) is 3. The van der Waals surface area contributed by atoms with E-state index in [1.807, 2.05) is 0 Å². The van der Waals surface area contributed by atoms with Gasteiger partial charge in [-0.3, -0.25) is 4.79 Å². The molecule has 0 saturated heterocycles. The van der Waals surface area contributed by atoms with E-state index < -0.39 is 11.8 Å². The lowest BCUT2D eigenvalue weighted by Crippen LogP contribution is -2.15. The van der Waals surface area contributed by atoms with Crippen LogP contribution < -0.4 is 14.8 Å². The fourth-order valence-corrected chi connectivity index (χ4v) is 3.20. The van der Waals surface area contributed by atoms with Crippen molar-refractivity contribution in [2.45, 2.75) is 6.61 Å². The summed E-state index contributed by atoms with van der Waals surface area (Å²) in [4.78, 5) is 25.6. The molecule has 0 bridgehead atoms. The third-order valence-corrected chi connectivity index (χ3v) is 4.92. The van der Waals surface area contributed by atoms with Gasteiger partial charge in [0, 0.05) is 17.7 Å². The lowest BCUT2D eigenvalue weighted by molar-refractivity contribution is 0.0470. The molecule has 6 nitrogen and oxygen atoms in total. The fourth-order valence-electron chi connectivity index (χ4n) is 2.58. The van der Waals surface area contributed by atoms with Crippen molar-refractivity contribution in [1.29, 1.82) is 0 Å². The number of carbonyl (C=O) groups excluding carboxylic acids is 2. The summed E-state index contributed by atoms with van der Waals surface area (Å²) in [6, 6.07) is 12.3. The zero-order valence-electron chi connectivity index (χ0n) is 15.7. The van der Waals surface area contributed by atoms with Crippen LogP contribution in [0.25, 0.3) is 0 Å². The lowest BCUT2D eigenvalue weighted by atomic mass is 10.1. The van der Waals surface area contributed by atoms with E-state index >= 15 is 0 Å². The number of anilines is 1. The zero-order chi connectivity index (χ0) is 20.8. The first-order valence-electron chi connectivity index (χ1n) is 8.55. The molecule has 0 radical (unpaired) electrons. The molecular formula is C21H18FNO5S. The summed E-state index contributed by atoms with van der Waals surface area (Å²) in [7, 11) is 2.87. The Balaban J connectivity index is 1.89. The Labute approximate surface area is 170 Å². The molecule has 0 spiro atoms. The number of methoxy groups -OCH3 is 2. The monoisotopic (exact) mass is 415 g/mol. The van der Waals surface area contributed by atoms with E-state index in [0.29, 0.717) is 16.4 Å². The Bertz CT molecular complexity index is 1020. The number of hydrogen-bond acceptors (Lipinski definition) is 6. The van der Waals surface area contributed by atoms with Gasteiger partial charge in [0.15, 0.2) is 11.5 Å². The molecule has 29 heavy (non-hydrogen) atoms. The van der Waals surface area contributed by atoms with Crippen LogP contribution in [0.4, 0.5) is 10.1 Å². The number of rotatable bonds is 7. The predicted molar refractivity (Wildman–Crippen MR) is 107 cm³/mol. The normalized spacial score (nSPS) is 10.3. The summed E-state index contributed by atoms with van der Waals surface area (Å²) in [5.41, 5.74) is 0.494. The lowest BCUT2D eigenvalue weighted by Gasteiger charge is -2.15. The van der Waals surface area contributed by atoms with E-state index in [4.69, 9.17) is 14.2 Å². The molecule has 1 aromatic heterocycles. The molecular weight excluding hydrogens is 397 g/mol. The van der Waals surface area contributed by atoms with Gasteiger partial charge in [0.25, 0.3) is 5.91 Å². The van der Waals surface area contributed by atoms with Crippen LogP contribution in [0.1, 0.15) is 25.6 Å². The molecule has 0 saturated carbocycles. The molecule has 150 valence electrons. The number of esters is 1. The Hall–Kier alpha value is -3.39. The highest BCUT2D eigenvalue weighted by molar-refractivity contribution is 7.12. The second kappa shape index (κ2) is 9.20. The summed E-state index contributed by atoms with van der Waals surface area (Å²) < 4.78 is 29.5. The fraction of sp³-hybridized carbons (Fsp3) is 0.143. The van der Waals surface area contributed by atoms with Gasteiger partial charge in [-0.25, -0.2) is 9.18 Å². The van der Waals surface area contributed by atoms with Crippen molar-refractivity contribution in [3.8, 4) is 11.5 Å². The summed E-state index contributed by atoms with van der Waals surface area (Å²) in [5.74, 6) is -0.969. The van der Waals surface area contributed by atoms with Crippen molar-refractivity contribution in [2.75, 3.05) is 19.5 Å². The molecule has 1 amide bonds. The largest absolute Gasteiger partial charge is 0.493 e. The minimum atomic E-state index is -0.740. The van der Waals surface area contributed by atoms with Gasteiger partial charge in [0.05, 0.1) is 30.3 Å². The van der Waals surface area contributed by atoms with E-state index in [1.165, 1.54) is 49.8 Å². The van der Waals surface area contributed by atoms with Gasteiger partial charge < -0.3 is 19.5 Å². The third kappa shape index (κ3) is 4.72. The highest BCUT2D eigenvalue weighted by Gasteiger charge is 2.21. The second-order valence-corrected chi connectivity index (χ2v) is 6.80. The highest BCUT2D eigenvalue weighted by Crippen LogP contribution is 2.34. The van der Waals surface area contributed by atoms with Crippen LogP contribution in [0, 0.1) is 5.82 Å². The number of nitrogens with one attached hydrogen (secondary N) is 1. The van der Waals surface area contributed by atoms with Crippen LogP contribution in [-0.2, 0) is 11.3 Å². The van der Waals surface area contributed by atoms with Gasteiger partial charge >= 0.3 is 5.97 Å². The Morgan fingerprint density at radius 3 is 2.41 bits per heavy atom. The molecule has 2 aromatic carbocycles. The number of thiophene rings is 1. The van der Waals surface area contributed by atoms with E-state index in [1.54, 1.807) is 29.6 Å². The Morgan fingerprint density at radius 1 is 1.03 bits per heavy atom.